The van der Waals surface area contributed by atoms with Gasteiger partial charge in [0.05, 0.1) is 18.6 Å². The number of benzene rings is 1. The van der Waals surface area contributed by atoms with Crippen molar-refractivity contribution < 1.29 is 24.2 Å². The second-order valence-corrected chi connectivity index (χ2v) is 6.15. The minimum atomic E-state index is -1.08. The highest BCUT2D eigenvalue weighted by Crippen LogP contribution is 2.20. The highest BCUT2D eigenvalue weighted by Gasteiger charge is 2.28. The maximum atomic E-state index is 11.3. The summed E-state index contributed by atoms with van der Waals surface area (Å²) in [5.41, 5.74) is -0.769. The SMILES string of the molecule is CC(C)(C)OCC(C)(C=O)Oc1ccc(CC(=O)O)cc1. The number of carbonyl (C=O) groups is 2. The standard InChI is InChI=1S/C16H22O5/c1-15(2,3)20-11-16(4,10-17)21-13-7-5-12(6-8-13)9-14(18)19/h5-8,10H,9,11H2,1-4H3,(H,18,19). The molecular formula is C16H22O5. The van der Waals surface area contributed by atoms with E-state index in [9.17, 15) is 9.59 Å². The summed E-state index contributed by atoms with van der Waals surface area (Å²) in [7, 11) is 0. The highest BCUT2D eigenvalue weighted by atomic mass is 16.6. The Morgan fingerprint density at radius 3 is 2.19 bits per heavy atom. The molecule has 1 atom stereocenters. The highest BCUT2D eigenvalue weighted by molar-refractivity contribution is 5.70. The maximum absolute atomic E-state index is 11.3. The van der Waals surface area contributed by atoms with Gasteiger partial charge in [-0.2, -0.15) is 0 Å². The van der Waals surface area contributed by atoms with Crippen molar-refractivity contribution in [2.75, 3.05) is 6.61 Å². The average molecular weight is 294 g/mol. The Balaban J connectivity index is 2.72. The fraction of sp³-hybridized carbons (Fsp3) is 0.500. The molecule has 0 saturated carbocycles. The van der Waals surface area contributed by atoms with Crippen molar-refractivity contribution in [1.29, 1.82) is 0 Å². The number of rotatable bonds is 7. The molecule has 0 aliphatic heterocycles. The van der Waals surface area contributed by atoms with Crippen molar-refractivity contribution in [3.05, 3.63) is 29.8 Å². The summed E-state index contributed by atoms with van der Waals surface area (Å²) in [5.74, 6) is -0.392. The van der Waals surface area contributed by atoms with E-state index in [0.29, 0.717) is 17.6 Å². The van der Waals surface area contributed by atoms with Crippen LogP contribution in [0.15, 0.2) is 24.3 Å². The maximum Gasteiger partial charge on any atom is 0.307 e. The third kappa shape index (κ3) is 6.40. The number of aldehydes is 1. The predicted molar refractivity (Wildman–Crippen MR) is 78.6 cm³/mol. The molecule has 1 aromatic rings. The zero-order chi connectivity index (χ0) is 16.1. The Morgan fingerprint density at radius 2 is 1.76 bits per heavy atom. The average Bonchev–Trinajstić information content (AvgIpc) is 2.38. The molecule has 0 spiro atoms. The van der Waals surface area contributed by atoms with Gasteiger partial charge in [0.1, 0.15) is 5.75 Å². The van der Waals surface area contributed by atoms with Gasteiger partial charge in [-0.25, -0.2) is 0 Å². The van der Waals surface area contributed by atoms with Gasteiger partial charge in [0.2, 0.25) is 0 Å². The van der Waals surface area contributed by atoms with Crippen molar-refractivity contribution >= 4 is 12.3 Å². The van der Waals surface area contributed by atoms with Crippen LogP contribution in [0.25, 0.3) is 0 Å². The third-order valence-corrected chi connectivity index (χ3v) is 2.67. The van der Waals surface area contributed by atoms with E-state index >= 15 is 0 Å². The van der Waals surface area contributed by atoms with Crippen LogP contribution in [0.1, 0.15) is 33.3 Å². The van der Waals surface area contributed by atoms with Gasteiger partial charge < -0.3 is 14.6 Å². The van der Waals surface area contributed by atoms with E-state index in [1.54, 1.807) is 31.2 Å². The smallest absolute Gasteiger partial charge is 0.307 e. The first-order chi connectivity index (χ1) is 9.63. The van der Waals surface area contributed by atoms with Crippen LogP contribution in [-0.4, -0.2) is 35.2 Å². The van der Waals surface area contributed by atoms with Crippen molar-refractivity contribution in [1.82, 2.24) is 0 Å². The van der Waals surface area contributed by atoms with Crippen LogP contribution in [0.5, 0.6) is 5.75 Å². The fourth-order valence-electron chi connectivity index (χ4n) is 1.57. The molecule has 0 aliphatic carbocycles. The first-order valence-electron chi connectivity index (χ1n) is 6.74. The molecule has 0 radical (unpaired) electrons. The molecule has 0 saturated heterocycles. The van der Waals surface area contributed by atoms with Crippen molar-refractivity contribution in [2.45, 2.75) is 45.3 Å². The third-order valence-electron chi connectivity index (χ3n) is 2.67. The largest absolute Gasteiger partial charge is 0.481 e. The van der Waals surface area contributed by atoms with Gasteiger partial charge in [0.25, 0.3) is 0 Å². The van der Waals surface area contributed by atoms with Gasteiger partial charge >= 0.3 is 5.97 Å². The van der Waals surface area contributed by atoms with Crippen LogP contribution in [0.4, 0.5) is 0 Å². The molecule has 0 bridgehead atoms. The van der Waals surface area contributed by atoms with Gasteiger partial charge in [-0.15, -0.1) is 0 Å². The fourth-order valence-corrected chi connectivity index (χ4v) is 1.57. The summed E-state index contributed by atoms with van der Waals surface area (Å²) in [6.45, 7) is 7.49. The number of carboxylic acids is 1. The second-order valence-electron chi connectivity index (χ2n) is 6.15. The molecule has 1 N–H and O–H groups in total. The minimum absolute atomic E-state index is 0.0433. The molecule has 21 heavy (non-hydrogen) atoms. The topological polar surface area (TPSA) is 72.8 Å². The summed E-state index contributed by atoms with van der Waals surface area (Å²) >= 11 is 0. The van der Waals surface area contributed by atoms with Crippen molar-refractivity contribution in [3.63, 3.8) is 0 Å². The van der Waals surface area contributed by atoms with Gasteiger partial charge in [-0.1, -0.05) is 12.1 Å². The summed E-state index contributed by atoms with van der Waals surface area (Å²) in [6.07, 6.45) is 0.669. The summed E-state index contributed by atoms with van der Waals surface area (Å²) in [5, 5.41) is 8.71. The molecule has 5 heteroatoms. The summed E-state index contributed by atoms with van der Waals surface area (Å²) in [6, 6.07) is 6.63. The van der Waals surface area contributed by atoms with E-state index < -0.39 is 11.6 Å². The lowest BCUT2D eigenvalue weighted by molar-refractivity contribution is -0.136. The Hall–Kier alpha value is -1.88. The molecule has 5 nitrogen and oxygen atoms in total. The lowest BCUT2D eigenvalue weighted by Gasteiger charge is -2.29. The van der Waals surface area contributed by atoms with Crippen molar-refractivity contribution in [3.8, 4) is 5.75 Å². The Kier molecular flexibility index (Phi) is 5.49. The van der Waals surface area contributed by atoms with Crippen LogP contribution < -0.4 is 4.74 Å². The molecule has 0 aromatic heterocycles. The number of carbonyl (C=O) groups excluding carboxylic acids is 1. The predicted octanol–water partition coefficient (Wildman–Crippen LogP) is 2.47. The van der Waals surface area contributed by atoms with E-state index in [1.165, 1.54) is 0 Å². The van der Waals surface area contributed by atoms with Gasteiger partial charge in [-0.05, 0) is 45.4 Å². The number of hydrogen-bond acceptors (Lipinski definition) is 4. The minimum Gasteiger partial charge on any atom is -0.481 e. The molecule has 1 unspecified atom stereocenters. The zero-order valence-corrected chi connectivity index (χ0v) is 12.9. The van der Waals surface area contributed by atoms with Crippen LogP contribution in [0.2, 0.25) is 0 Å². The van der Waals surface area contributed by atoms with Crippen LogP contribution in [0.3, 0.4) is 0 Å². The van der Waals surface area contributed by atoms with E-state index in [2.05, 4.69) is 0 Å². The zero-order valence-electron chi connectivity index (χ0n) is 12.9. The molecule has 0 heterocycles. The van der Waals surface area contributed by atoms with Gasteiger partial charge in [0.15, 0.2) is 11.9 Å². The van der Waals surface area contributed by atoms with E-state index in [-0.39, 0.29) is 18.6 Å². The molecule has 0 fully saturated rings. The summed E-state index contributed by atoms with van der Waals surface area (Å²) < 4.78 is 11.3. The first-order valence-corrected chi connectivity index (χ1v) is 6.74. The number of ether oxygens (including phenoxy) is 2. The molecular weight excluding hydrogens is 272 g/mol. The first kappa shape index (κ1) is 17.2. The van der Waals surface area contributed by atoms with E-state index in [4.69, 9.17) is 14.6 Å². The number of hydrogen-bond donors (Lipinski definition) is 1. The Labute approximate surface area is 124 Å². The quantitative estimate of drug-likeness (QED) is 0.782. The van der Waals surface area contributed by atoms with Gasteiger partial charge in [-0.3, -0.25) is 9.59 Å². The monoisotopic (exact) mass is 294 g/mol. The number of aliphatic carboxylic acids is 1. The Bertz CT molecular complexity index is 486. The van der Waals surface area contributed by atoms with Crippen LogP contribution >= 0.6 is 0 Å². The molecule has 0 amide bonds. The second kappa shape index (κ2) is 6.72. The normalized spacial score (nSPS) is 14.3. The van der Waals surface area contributed by atoms with E-state index in [0.717, 1.165) is 0 Å². The van der Waals surface area contributed by atoms with Crippen LogP contribution in [-0.2, 0) is 20.7 Å². The van der Waals surface area contributed by atoms with Crippen molar-refractivity contribution in [2.24, 2.45) is 0 Å². The molecule has 116 valence electrons. The number of carboxylic acid groups (broad SMARTS) is 1. The van der Waals surface area contributed by atoms with Crippen LogP contribution in [0, 0.1) is 0 Å². The molecule has 0 aliphatic rings. The van der Waals surface area contributed by atoms with Gasteiger partial charge in [0, 0.05) is 0 Å². The molecule has 1 aromatic carbocycles. The molecule has 1 rings (SSSR count). The lowest BCUT2D eigenvalue weighted by atomic mass is 10.1. The van der Waals surface area contributed by atoms with E-state index in [1.807, 2.05) is 20.8 Å². The lowest BCUT2D eigenvalue weighted by Crippen LogP contribution is -2.42. The Morgan fingerprint density at radius 1 is 1.19 bits per heavy atom. The summed E-state index contributed by atoms with van der Waals surface area (Å²) in [4.78, 5) is 21.9.